The molecule has 0 aliphatic carbocycles. The maximum Gasteiger partial charge on any atom is 0.159 e. The Morgan fingerprint density at radius 2 is 2.11 bits per heavy atom. The van der Waals surface area contributed by atoms with E-state index in [4.69, 9.17) is 4.74 Å². The molecule has 104 valence electrons. The van der Waals surface area contributed by atoms with Gasteiger partial charge in [0, 0.05) is 25.3 Å². The molecule has 0 N–H and O–H groups in total. The lowest BCUT2D eigenvalue weighted by atomic mass is 10.1. The van der Waals surface area contributed by atoms with Crippen LogP contribution in [0.5, 0.6) is 0 Å². The predicted molar refractivity (Wildman–Crippen MR) is 73.3 cm³/mol. The molecule has 0 radical (unpaired) electrons. The normalized spacial score (nSPS) is 16.7. The van der Waals surface area contributed by atoms with Gasteiger partial charge in [0.2, 0.25) is 0 Å². The van der Waals surface area contributed by atoms with Gasteiger partial charge in [-0.3, -0.25) is 4.79 Å². The van der Waals surface area contributed by atoms with Gasteiger partial charge in [-0.25, -0.2) is 4.39 Å². The zero-order valence-electron chi connectivity index (χ0n) is 11.5. The standard InChI is InChI=1S/C15H20FNO2/c1-3-19-13-6-8-17(9-7-13)15-5-4-12(11(2)18)10-14(15)16/h4-5,10,13H,3,6-9H2,1-2H3. The monoisotopic (exact) mass is 265 g/mol. The third kappa shape index (κ3) is 3.32. The molecule has 0 atom stereocenters. The minimum absolute atomic E-state index is 0.111. The lowest BCUT2D eigenvalue weighted by Gasteiger charge is -2.33. The number of ketones is 1. The molecule has 0 amide bonds. The summed E-state index contributed by atoms with van der Waals surface area (Å²) in [6.07, 6.45) is 2.13. The van der Waals surface area contributed by atoms with Crippen LogP contribution in [0.1, 0.15) is 37.0 Å². The van der Waals surface area contributed by atoms with Gasteiger partial charge in [-0.05, 0) is 44.9 Å². The maximum atomic E-state index is 14.0. The number of ether oxygens (including phenoxy) is 1. The smallest absolute Gasteiger partial charge is 0.159 e. The third-order valence-corrected chi connectivity index (χ3v) is 3.54. The van der Waals surface area contributed by atoms with Gasteiger partial charge in [0.1, 0.15) is 5.82 Å². The van der Waals surface area contributed by atoms with E-state index in [9.17, 15) is 9.18 Å². The Kier molecular flexibility index (Phi) is 4.53. The number of carbonyl (C=O) groups excluding carboxylic acids is 1. The van der Waals surface area contributed by atoms with E-state index in [2.05, 4.69) is 0 Å². The van der Waals surface area contributed by atoms with Crippen molar-refractivity contribution in [3.63, 3.8) is 0 Å². The van der Waals surface area contributed by atoms with E-state index in [1.807, 2.05) is 11.8 Å². The van der Waals surface area contributed by atoms with Crippen LogP contribution < -0.4 is 4.90 Å². The Morgan fingerprint density at radius 1 is 1.42 bits per heavy atom. The van der Waals surface area contributed by atoms with Gasteiger partial charge in [0.15, 0.2) is 5.78 Å². The van der Waals surface area contributed by atoms with Crippen LogP contribution in [0.3, 0.4) is 0 Å². The first-order valence-electron chi connectivity index (χ1n) is 6.79. The molecule has 0 unspecified atom stereocenters. The number of carbonyl (C=O) groups is 1. The van der Waals surface area contributed by atoms with Crippen molar-refractivity contribution >= 4 is 11.5 Å². The van der Waals surface area contributed by atoms with Crippen molar-refractivity contribution in [2.45, 2.75) is 32.8 Å². The van der Waals surface area contributed by atoms with Gasteiger partial charge >= 0.3 is 0 Å². The molecule has 0 spiro atoms. The van der Waals surface area contributed by atoms with E-state index < -0.39 is 0 Å². The highest BCUT2D eigenvalue weighted by atomic mass is 19.1. The van der Waals surface area contributed by atoms with Gasteiger partial charge in [-0.15, -0.1) is 0 Å². The fourth-order valence-corrected chi connectivity index (χ4v) is 2.48. The lowest BCUT2D eigenvalue weighted by molar-refractivity contribution is 0.0458. The molecule has 1 aromatic carbocycles. The second-order valence-electron chi connectivity index (χ2n) is 4.86. The molecule has 1 saturated heterocycles. The lowest BCUT2D eigenvalue weighted by Crippen LogP contribution is -2.37. The van der Waals surface area contributed by atoms with Crippen molar-refractivity contribution in [3.05, 3.63) is 29.6 Å². The molecular weight excluding hydrogens is 245 g/mol. The van der Waals surface area contributed by atoms with Gasteiger partial charge in [-0.1, -0.05) is 0 Å². The number of hydrogen-bond acceptors (Lipinski definition) is 3. The summed E-state index contributed by atoms with van der Waals surface area (Å²) in [7, 11) is 0. The number of piperidine rings is 1. The second-order valence-corrected chi connectivity index (χ2v) is 4.86. The minimum Gasteiger partial charge on any atom is -0.378 e. The first-order valence-corrected chi connectivity index (χ1v) is 6.79. The molecule has 1 heterocycles. The Labute approximate surface area is 113 Å². The minimum atomic E-state index is -0.317. The fraction of sp³-hybridized carbons (Fsp3) is 0.533. The number of anilines is 1. The summed E-state index contributed by atoms with van der Waals surface area (Å²) in [5.74, 6) is -0.428. The summed E-state index contributed by atoms with van der Waals surface area (Å²) < 4.78 is 19.6. The summed E-state index contributed by atoms with van der Waals surface area (Å²) in [4.78, 5) is 13.2. The Morgan fingerprint density at radius 3 is 2.63 bits per heavy atom. The van der Waals surface area contributed by atoms with Crippen molar-refractivity contribution in [3.8, 4) is 0 Å². The zero-order valence-corrected chi connectivity index (χ0v) is 11.5. The molecule has 0 saturated carbocycles. The number of hydrogen-bond donors (Lipinski definition) is 0. The van der Waals surface area contributed by atoms with Gasteiger partial charge in [0.25, 0.3) is 0 Å². The maximum absolute atomic E-state index is 14.0. The van der Waals surface area contributed by atoms with Crippen molar-refractivity contribution in [1.82, 2.24) is 0 Å². The fourth-order valence-electron chi connectivity index (χ4n) is 2.48. The highest BCUT2D eigenvalue weighted by molar-refractivity contribution is 5.94. The van der Waals surface area contributed by atoms with E-state index in [1.54, 1.807) is 12.1 Å². The van der Waals surface area contributed by atoms with Crippen LogP contribution in [0, 0.1) is 5.82 Å². The van der Waals surface area contributed by atoms with Crippen molar-refractivity contribution in [1.29, 1.82) is 0 Å². The molecule has 3 nitrogen and oxygen atoms in total. The average molecular weight is 265 g/mol. The van der Waals surface area contributed by atoms with Gasteiger partial charge in [0.05, 0.1) is 11.8 Å². The number of halogens is 1. The van der Waals surface area contributed by atoms with Crippen molar-refractivity contribution < 1.29 is 13.9 Å². The number of benzene rings is 1. The van der Waals surface area contributed by atoms with E-state index >= 15 is 0 Å². The summed E-state index contributed by atoms with van der Waals surface area (Å²) >= 11 is 0. The molecule has 19 heavy (non-hydrogen) atoms. The summed E-state index contributed by atoms with van der Waals surface area (Å²) in [6, 6.07) is 4.72. The summed E-state index contributed by atoms with van der Waals surface area (Å²) in [5.41, 5.74) is 1.01. The first-order chi connectivity index (χ1) is 9.11. The topological polar surface area (TPSA) is 29.5 Å². The van der Waals surface area contributed by atoms with E-state index in [0.29, 0.717) is 17.4 Å². The first kappa shape index (κ1) is 14.0. The predicted octanol–water partition coefficient (Wildman–Crippen LogP) is 3.03. The number of rotatable bonds is 4. The summed E-state index contributed by atoms with van der Waals surface area (Å²) in [5, 5.41) is 0. The van der Waals surface area contributed by atoms with Crippen LogP contribution in [0.25, 0.3) is 0 Å². The molecule has 1 aromatic rings. The van der Waals surface area contributed by atoms with E-state index in [0.717, 1.165) is 32.5 Å². The summed E-state index contributed by atoms with van der Waals surface area (Å²) in [6.45, 7) is 5.75. The van der Waals surface area contributed by atoms with Crippen LogP contribution in [-0.4, -0.2) is 31.6 Å². The van der Waals surface area contributed by atoms with Crippen LogP contribution in [0.4, 0.5) is 10.1 Å². The molecule has 0 aromatic heterocycles. The van der Waals surface area contributed by atoms with Gasteiger partial charge < -0.3 is 9.64 Å². The van der Waals surface area contributed by atoms with E-state index in [1.165, 1.54) is 13.0 Å². The quantitative estimate of drug-likeness (QED) is 0.784. The van der Waals surface area contributed by atoms with Crippen LogP contribution in [0.2, 0.25) is 0 Å². The number of nitrogens with zero attached hydrogens (tertiary/aromatic N) is 1. The molecule has 4 heteroatoms. The SMILES string of the molecule is CCOC1CCN(c2ccc(C(C)=O)cc2F)CC1. The number of Topliss-reactive ketones (excluding diaryl/α,β-unsaturated/α-hetero) is 1. The highest BCUT2D eigenvalue weighted by Crippen LogP contribution is 2.25. The van der Waals surface area contributed by atoms with Crippen molar-refractivity contribution in [2.75, 3.05) is 24.6 Å². The Hall–Kier alpha value is -1.42. The Balaban J connectivity index is 2.05. The van der Waals surface area contributed by atoms with Crippen molar-refractivity contribution in [2.24, 2.45) is 0 Å². The largest absolute Gasteiger partial charge is 0.378 e. The Bertz CT molecular complexity index is 453. The molecule has 1 aliphatic rings. The molecule has 2 rings (SSSR count). The van der Waals surface area contributed by atoms with Crippen LogP contribution >= 0.6 is 0 Å². The van der Waals surface area contributed by atoms with Crippen LogP contribution in [-0.2, 0) is 4.74 Å². The second kappa shape index (κ2) is 6.15. The third-order valence-electron chi connectivity index (χ3n) is 3.54. The average Bonchev–Trinajstić information content (AvgIpc) is 2.40. The highest BCUT2D eigenvalue weighted by Gasteiger charge is 2.21. The van der Waals surface area contributed by atoms with Crippen LogP contribution in [0.15, 0.2) is 18.2 Å². The van der Waals surface area contributed by atoms with Gasteiger partial charge in [-0.2, -0.15) is 0 Å². The molecule has 0 bridgehead atoms. The van der Waals surface area contributed by atoms with E-state index in [-0.39, 0.29) is 11.6 Å². The zero-order chi connectivity index (χ0) is 13.8. The molecular formula is C15H20FNO2. The molecule has 1 fully saturated rings. The molecule has 1 aliphatic heterocycles.